The molecule has 0 fully saturated rings. The van der Waals surface area contributed by atoms with Crippen LogP contribution in [-0.4, -0.2) is 5.91 Å². The van der Waals surface area contributed by atoms with Gasteiger partial charge in [0.15, 0.2) is 0 Å². The van der Waals surface area contributed by atoms with Crippen LogP contribution in [0.4, 0.5) is 0 Å². The maximum Gasteiger partial charge on any atom is 0.221 e. The summed E-state index contributed by atoms with van der Waals surface area (Å²) in [6.07, 6.45) is 0.228. The van der Waals surface area contributed by atoms with Crippen molar-refractivity contribution in [3.8, 4) is 6.07 Å². The Labute approximate surface area is 70.4 Å². The van der Waals surface area contributed by atoms with Crippen LogP contribution in [0.25, 0.3) is 0 Å². The van der Waals surface area contributed by atoms with E-state index in [2.05, 4.69) is 0 Å². The lowest BCUT2D eigenvalue weighted by Crippen LogP contribution is -2.13. The average molecular weight is 160 g/mol. The monoisotopic (exact) mass is 160 g/mol. The number of nitriles is 1. The molecule has 1 aromatic rings. The second-order valence-corrected chi connectivity index (χ2v) is 2.45. The van der Waals surface area contributed by atoms with Crippen LogP contribution in [0, 0.1) is 11.3 Å². The molecule has 0 aromatic heterocycles. The summed E-state index contributed by atoms with van der Waals surface area (Å²) >= 11 is 0. The van der Waals surface area contributed by atoms with Gasteiger partial charge in [-0.3, -0.25) is 4.79 Å². The molecule has 0 spiro atoms. The van der Waals surface area contributed by atoms with Gasteiger partial charge in [0.05, 0.1) is 18.1 Å². The highest BCUT2D eigenvalue weighted by molar-refractivity contribution is 5.76. The van der Waals surface area contributed by atoms with Crippen LogP contribution in [0.5, 0.6) is 0 Å². The zero-order valence-corrected chi connectivity index (χ0v) is 6.45. The SMILES string of the molecule is N#Cc1ccc(CC(N)=O)cc1. The molecule has 3 nitrogen and oxygen atoms in total. The molecule has 3 heteroatoms. The number of nitrogens with zero attached hydrogens (tertiary/aromatic N) is 1. The Balaban J connectivity index is 2.80. The Bertz CT molecular complexity index is 321. The van der Waals surface area contributed by atoms with Crippen molar-refractivity contribution in [1.82, 2.24) is 0 Å². The predicted octanol–water partition coefficient (Wildman–Crippen LogP) is 0.586. The molecule has 1 amide bonds. The van der Waals surface area contributed by atoms with Gasteiger partial charge in [-0.15, -0.1) is 0 Å². The summed E-state index contributed by atoms with van der Waals surface area (Å²) in [5.41, 5.74) is 6.41. The third kappa shape index (κ3) is 2.10. The van der Waals surface area contributed by atoms with Crippen LogP contribution in [0.2, 0.25) is 0 Å². The van der Waals surface area contributed by atoms with Crippen molar-refractivity contribution in [2.24, 2.45) is 5.73 Å². The smallest absolute Gasteiger partial charge is 0.221 e. The minimum atomic E-state index is -0.361. The fraction of sp³-hybridized carbons (Fsp3) is 0.111. The first-order chi connectivity index (χ1) is 5.72. The Morgan fingerprint density at radius 2 is 2.00 bits per heavy atom. The van der Waals surface area contributed by atoms with Gasteiger partial charge in [0.2, 0.25) is 5.91 Å². The van der Waals surface area contributed by atoms with E-state index >= 15 is 0 Å². The number of hydrogen-bond donors (Lipinski definition) is 1. The zero-order valence-electron chi connectivity index (χ0n) is 6.45. The molecular formula is C9H8N2O. The Kier molecular flexibility index (Phi) is 2.44. The molecule has 0 saturated carbocycles. The third-order valence-electron chi connectivity index (χ3n) is 1.46. The van der Waals surface area contributed by atoms with Crippen molar-refractivity contribution < 1.29 is 4.79 Å². The van der Waals surface area contributed by atoms with E-state index < -0.39 is 0 Å². The molecule has 0 atom stereocenters. The number of hydrogen-bond acceptors (Lipinski definition) is 2. The van der Waals surface area contributed by atoms with Crippen molar-refractivity contribution in [3.63, 3.8) is 0 Å². The van der Waals surface area contributed by atoms with E-state index in [0.717, 1.165) is 5.56 Å². The van der Waals surface area contributed by atoms with E-state index in [9.17, 15) is 4.79 Å². The number of amides is 1. The van der Waals surface area contributed by atoms with Crippen LogP contribution >= 0.6 is 0 Å². The summed E-state index contributed by atoms with van der Waals surface area (Å²) in [4.78, 5) is 10.5. The number of carbonyl (C=O) groups excluding carboxylic acids is 1. The molecule has 2 N–H and O–H groups in total. The molecule has 0 aliphatic heterocycles. The fourth-order valence-electron chi connectivity index (χ4n) is 0.898. The van der Waals surface area contributed by atoms with Crippen molar-refractivity contribution in [1.29, 1.82) is 5.26 Å². The van der Waals surface area contributed by atoms with Gasteiger partial charge in [0.25, 0.3) is 0 Å². The second-order valence-electron chi connectivity index (χ2n) is 2.45. The Morgan fingerprint density at radius 1 is 1.42 bits per heavy atom. The molecule has 60 valence electrons. The largest absolute Gasteiger partial charge is 0.369 e. The number of carbonyl (C=O) groups is 1. The van der Waals surface area contributed by atoms with E-state index in [0.29, 0.717) is 5.56 Å². The molecule has 0 heterocycles. The summed E-state index contributed by atoms with van der Waals surface area (Å²) in [5.74, 6) is -0.361. The lowest BCUT2D eigenvalue weighted by atomic mass is 10.1. The number of rotatable bonds is 2. The quantitative estimate of drug-likeness (QED) is 0.687. The number of benzene rings is 1. The molecule has 1 aromatic carbocycles. The molecule has 12 heavy (non-hydrogen) atoms. The van der Waals surface area contributed by atoms with Crippen molar-refractivity contribution in [2.45, 2.75) is 6.42 Å². The average Bonchev–Trinajstić information content (AvgIpc) is 2.05. The summed E-state index contributed by atoms with van der Waals surface area (Å²) in [6.45, 7) is 0. The minimum absolute atomic E-state index is 0.228. The van der Waals surface area contributed by atoms with Gasteiger partial charge >= 0.3 is 0 Å². The number of primary amides is 1. The summed E-state index contributed by atoms with van der Waals surface area (Å²) in [7, 11) is 0. The van der Waals surface area contributed by atoms with Crippen LogP contribution < -0.4 is 5.73 Å². The molecule has 0 saturated heterocycles. The van der Waals surface area contributed by atoms with Crippen LogP contribution in [-0.2, 0) is 11.2 Å². The Morgan fingerprint density at radius 3 is 2.42 bits per heavy atom. The molecule has 0 aliphatic carbocycles. The van der Waals surface area contributed by atoms with Gasteiger partial charge in [-0.05, 0) is 17.7 Å². The standard InChI is InChI=1S/C9H8N2O/c10-6-8-3-1-7(2-4-8)5-9(11)12/h1-4H,5H2,(H2,11,12). The lowest BCUT2D eigenvalue weighted by molar-refractivity contribution is -0.117. The first-order valence-corrected chi connectivity index (χ1v) is 3.49. The van der Waals surface area contributed by atoms with E-state index in [4.69, 9.17) is 11.0 Å². The third-order valence-corrected chi connectivity index (χ3v) is 1.46. The van der Waals surface area contributed by atoms with Crippen molar-refractivity contribution >= 4 is 5.91 Å². The van der Waals surface area contributed by atoms with Gasteiger partial charge in [-0.25, -0.2) is 0 Å². The second kappa shape index (κ2) is 3.54. The highest BCUT2D eigenvalue weighted by Gasteiger charge is 1.97. The van der Waals surface area contributed by atoms with Gasteiger partial charge in [-0.1, -0.05) is 12.1 Å². The van der Waals surface area contributed by atoms with Crippen LogP contribution in [0.1, 0.15) is 11.1 Å². The van der Waals surface area contributed by atoms with Crippen LogP contribution in [0.3, 0.4) is 0 Å². The molecule has 0 unspecified atom stereocenters. The lowest BCUT2D eigenvalue weighted by Gasteiger charge is -1.95. The van der Waals surface area contributed by atoms with Gasteiger partial charge in [0, 0.05) is 0 Å². The van der Waals surface area contributed by atoms with Gasteiger partial charge in [-0.2, -0.15) is 5.26 Å². The Hall–Kier alpha value is -1.82. The predicted molar refractivity (Wildman–Crippen MR) is 44.1 cm³/mol. The highest BCUT2D eigenvalue weighted by atomic mass is 16.1. The molecule has 0 radical (unpaired) electrons. The van der Waals surface area contributed by atoms with Gasteiger partial charge in [0.1, 0.15) is 0 Å². The first-order valence-electron chi connectivity index (χ1n) is 3.49. The van der Waals surface area contributed by atoms with Crippen molar-refractivity contribution in [3.05, 3.63) is 35.4 Å². The topological polar surface area (TPSA) is 66.9 Å². The van der Waals surface area contributed by atoms with Gasteiger partial charge < -0.3 is 5.73 Å². The summed E-state index contributed by atoms with van der Waals surface area (Å²) in [5, 5.41) is 8.47. The molecule has 1 rings (SSSR count). The summed E-state index contributed by atoms with van der Waals surface area (Å²) < 4.78 is 0. The van der Waals surface area contributed by atoms with E-state index in [-0.39, 0.29) is 12.3 Å². The summed E-state index contributed by atoms with van der Waals surface area (Å²) in [6, 6.07) is 8.77. The zero-order chi connectivity index (χ0) is 8.97. The van der Waals surface area contributed by atoms with E-state index in [1.165, 1.54) is 0 Å². The molecule has 0 bridgehead atoms. The van der Waals surface area contributed by atoms with E-state index in [1.54, 1.807) is 24.3 Å². The first kappa shape index (κ1) is 8.28. The van der Waals surface area contributed by atoms with Crippen LogP contribution in [0.15, 0.2) is 24.3 Å². The minimum Gasteiger partial charge on any atom is -0.369 e. The normalized spacial score (nSPS) is 8.92. The maximum atomic E-state index is 10.5. The fourth-order valence-corrected chi connectivity index (χ4v) is 0.898. The van der Waals surface area contributed by atoms with E-state index in [1.807, 2.05) is 6.07 Å². The highest BCUT2D eigenvalue weighted by Crippen LogP contribution is 2.03. The van der Waals surface area contributed by atoms with Crippen molar-refractivity contribution in [2.75, 3.05) is 0 Å². The maximum absolute atomic E-state index is 10.5. The number of nitrogens with two attached hydrogens (primary N) is 1. The molecule has 0 aliphatic rings. The molecular weight excluding hydrogens is 152 g/mol.